The summed E-state index contributed by atoms with van der Waals surface area (Å²) in [4.78, 5) is 35.3. The van der Waals surface area contributed by atoms with Gasteiger partial charge in [-0.1, -0.05) is 37.5 Å². The predicted octanol–water partition coefficient (Wildman–Crippen LogP) is 7.32. The monoisotopic (exact) mass is 718 g/mol. The number of nitro groups is 1. The Morgan fingerprint density at radius 1 is 1.12 bits per heavy atom. The molecule has 2 unspecified atom stereocenters. The molecule has 1 aliphatic carbocycles. The lowest BCUT2D eigenvalue weighted by atomic mass is 9.90. The molecule has 2 atom stereocenters. The van der Waals surface area contributed by atoms with Gasteiger partial charge in [0.1, 0.15) is 28.8 Å². The van der Waals surface area contributed by atoms with Crippen LogP contribution in [-0.4, -0.2) is 47.5 Å². The van der Waals surface area contributed by atoms with E-state index >= 15 is 0 Å². The van der Waals surface area contributed by atoms with E-state index in [0.717, 1.165) is 18.4 Å². The molecule has 13 nitrogen and oxygen atoms in total. The topological polar surface area (TPSA) is 176 Å². The molecule has 0 spiro atoms. The van der Waals surface area contributed by atoms with E-state index in [1.807, 2.05) is 6.92 Å². The number of nitrogens with one attached hydrogen (secondary N) is 1. The van der Waals surface area contributed by atoms with E-state index in [9.17, 15) is 24.3 Å². The number of primary amides is 1. The normalized spacial score (nSPS) is 15.3. The molecule has 1 aliphatic rings. The number of hydrogen-bond donors (Lipinski definition) is 2. The molecular weight excluding hydrogens is 675 g/mol. The third kappa shape index (κ3) is 11.3. The van der Waals surface area contributed by atoms with Crippen LogP contribution in [0.4, 0.5) is 5.88 Å². The van der Waals surface area contributed by atoms with E-state index < -0.39 is 24.5 Å². The summed E-state index contributed by atoms with van der Waals surface area (Å²) < 4.78 is 38.1. The van der Waals surface area contributed by atoms with Gasteiger partial charge in [-0.3, -0.25) is 24.2 Å². The zero-order valence-electron chi connectivity index (χ0n) is 27.8. The number of furan rings is 1. The van der Waals surface area contributed by atoms with Crippen molar-refractivity contribution in [1.29, 1.82) is 0 Å². The van der Waals surface area contributed by atoms with Crippen molar-refractivity contribution in [3.63, 3.8) is 0 Å². The van der Waals surface area contributed by atoms with Gasteiger partial charge in [-0.15, -0.1) is 11.6 Å². The molecule has 1 heterocycles. The maximum absolute atomic E-state index is 13.9. The van der Waals surface area contributed by atoms with Crippen LogP contribution in [0, 0.1) is 16.0 Å². The summed E-state index contributed by atoms with van der Waals surface area (Å²) in [5.74, 6) is 0.414. The lowest BCUT2D eigenvalue weighted by Gasteiger charge is -2.27. The van der Waals surface area contributed by atoms with E-state index in [2.05, 4.69) is 5.32 Å². The number of alkyl halides is 1. The molecule has 1 saturated carbocycles. The first-order valence-corrected chi connectivity index (χ1v) is 18.4. The summed E-state index contributed by atoms with van der Waals surface area (Å²) in [6.07, 6.45) is 7.20. The molecule has 266 valence electrons. The minimum absolute atomic E-state index is 0.0682. The summed E-state index contributed by atoms with van der Waals surface area (Å²) in [6, 6.07) is 13.9. The van der Waals surface area contributed by atoms with Crippen LogP contribution in [0.1, 0.15) is 85.2 Å². The highest BCUT2D eigenvalue weighted by molar-refractivity contribution is 7.51. The number of amides is 2. The van der Waals surface area contributed by atoms with Crippen LogP contribution in [0.2, 0.25) is 0 Å². The number of carbonyl (C=O) groups excluding carboxylic acids is 2. The van der Waals surface area contributed by atoms with Crippen molar-refractivity contribution in [2.24, 2.45) is 11.7 Å². The van der Waals surface area contributed by atoms with E-state index in [-0.39, 0.29) is 36.5 Å². The van der Waals surface area contributed by atoms with Crippen molar-refractivity contribution in [3.8, 4) is 11.5 Å². The molecule has 2 amide bonds. The van der Waals surface area contributed by atoms with Crippen LogP contribution in [0.25, 0.3) is 0 Å². The minimum Gasteiger partial charge on any atom is -0.492 e. The van der Waals surface area contributed by atoms with Crippen molar-refractivity contribution in [1.82, 2.24) is 9.99 Å². The summed E-state index contributed by atoms with van der Waals surface area (Å²) in [7, 11) is -2.34. The number of halogens is 1. The molecule has 1 aromatic heterocycles. The zero-order valence-corrected chi connectivity index (χ0v) is 29.5. The maximum atomic E-state index is 13.9. The zero-order chi connectivity index (χ0) is 35.4. The molecule has 4 rings (SSSR count). The van der Waals surface area contributed by atoms with E-state index in [1.54, 1.807) is 49.5 Å². The van der Waals surface area contributed by atoms with Gasteiger partial charge >= 0.3 is 13.6 Å². The van der Waals surface area contributed by atoms with Gasteiger partial charge in [-0.25, -0.2) is 9.24 Å². The van der Waals surface area contributed by atoms with Crippen LogP contribution < -0.4 is 20.3 Å². The van der Waals surface area contributed by atoms with Crippen LogP contribution in [-0.2, 0) is 26.9 Å². The second-order valence-electron chi connectivity index (χ2n) is 12.2. The molecule has 2 aromatic carbocycles. The Morgan fingerprint density at radius 3 is 2.51 bits per heavy atom. The Labute approximate surface area is 291 Å². The van der Waals surface area contributed by atoms with Gasteiger partial charge in [0.05, 0.1) is 30.7 Å². The first kappa shape index (κ1) is 37.9. The predicted molar refractivity (Wildman–Crippen MR) is 185 cm³/mol. The lowest BCUT2D eigenvalue weighted by molar-refractivity contribution is -0.402. The largest absolute Gasteiger partial charge is 0.492 e. The minimum atomic E-state index is -3.93. The van der Waals surface area contributed by atoms with Gasteiger partial charge < -0.3 is 24.7 Å². The average molecular weight is 719 g/mol. The lowest BCUT2D eigenvalue weighted by Crippen LogP contribution is -2.28. The van der Waals surface area contributed by atoms with Crippen molar-refractivity contribution in [3.05, 3.63) is 87.2 Å². The quantitative estimate of drug-likeness (QED) is 0.0420. The van der Waals surface area contributed by atoms with Gasteiger partial charge in [0.15, 0.2) is 0 Å². The Hall–Kier alpha value is -3.90. The smallest absolute Gasteiger partial charge is 0.461 e. The maximum Gasteiger partial charge on any atom is 0.461 e. The third-order valence-electron chi connectivity index (χ3n) is 8.34. The molecule has 3 aromatic rings. The van der Waals surface area contributed by atoms with E-state index in [0.29, 0.717) is 54.7 Å². The van der Waals surface area contributed by atoms with Gasteiger partial charge in [0.25, 0.3) is 5.91 Å². The molecule has 49 heavy (non-hydrogen) atoms. The highest BCUT2D eigenvalue weighted by Gasteiger charge is 2.33. The van der Waals surface area contributed by atoms with E-state index in [1.165, 1.54) is 36.1 Å². The Kier molecular flexibility index (Phi) is 14.1. The number of unbranched alkanes of at least 4 members (excludes halogenated alkanes) is 1. The number of nitrogens with two attached hydrogens (primary N) is 1. The molecule has 0 saturated heterocycles. The fraction of sp³-hybridized carbons (Fsp3) is 0.471. The Morgan fingerprint density at radius 2 is 1.86 bits per heavy atom. The molecule has 15 heteroatoms. The molecule has 0 bridgehead atoms. The summed E-state index contributed by atoms with van der Waals surface area (Å²) in [6.45, 7) is 2.41. The van der Waals surface area contributed by atoms with E-state index in [4.69, 9.17) is 35.5 Å². The fourth-order valence-electron chi connectivity index (χ4n) is 5.49. The standard InChI is InChI=1S/C34H44ClN4O9P/c1-24(27-12-16-30(34(36)41)31(21-27)45-22-26-8-4-3-5-9-26)37-32(40)20-25-10-13-28(14-11-25)48-49(44,38(2)19-7-6-18-35)46-23-29-15-17-33(47-29)39(42)43/h10-17,21,24,26H,3-9,18-20,22-23H2,1-2H3,(H2,36,41)(H,37,40). The summed E-state index contributed by atoms with van der Waals surface area (Å²) in [5.41, 5.74) is 7.37. The number of hydrogen-bond acceptors (Lipinski definition) is 9. The van der Waals surface area contributed by atoms with Crippen LogP contribution in [0.5, 0.6) is 11.5 Å². The van der Waals surface area contributed by atoms with Crippen molar-refractivity contribution in [2.45, 2.75) is 70.9 Å². The van der Waals surface area contributed by atoms with Gasteiger partial charge in [0.2, 0.25) is 5.91 Å². The molecule has 0 radical (unpaired) electrons. The van der Waals surface area contributed by atoms with Gasteiger partial charge in [-0.2, -0.15) is 0 Å². The molecule has 0 aliphatic heterocycles. The fourth-order valence-corrected chi connectivity index (χ4v) is 7.14. The third-order valence-corrected chi connectivity index (χ3v) is 10.5. The van der Waals surface area contributed by atoms with Gasteiger partial charge in [0, 0.05) is 12.4 Å². The molecule has 1 fully saturated rings. The number of nitrogens with zero attached hydrogens (tertiary/aromatic N) is 2. The van der Waals surface area contributed by atoms with Crippen LogP contribution in [0.15, 0.2) is 59.0 Å². The first-order chi connectivity index (χ1) is 23.5. The first-order valence-electron chi connectivity index (χ1n) is 16.4. The number of carbonyl (C=O) groups is 2. The second kappa shape index (κ2) is 18.2. The SMILES string of the molecule is CC(NC(=O)Cc1ccc(OP(=O)(OCc2ccc([N+](=O)[O-])o2)N(C)CCCCCl)cc1)c1ccc(C(N)=O)c(OCC2CCCCC2)c1. The highest BCUT2D eigenvalue weighted by atomic mass is 35.5. The highest BCUT2D eigenvalue weighted by Crippen LogP contribution is 2.52. The summed E-state index contributed by atoms with van der Waals surface area (Å²) >= 11 is 5.80. The molecular formula is C34H44ClN4O9P. The number of rotatable bonds is 19. The second-order valence-corrected chi connectivity index (χ2v) is 14.6. The Balaban J connectivity index is 1.36. The summed E-state index contributed by atoms with van der Waals surface area (Å²) in [5, 5.41) is 13.9. The van der Waals surface area contributed by atoms with Crippen molar-refractivity contribution in [2.75, 3.05) is 26.1 Å². The Bertz CT molecular complexity index is 1610. The molecule has 3 N–H and O–H groups in total. The number of benzene rings is 2. The number of ether oxygens (including phenoxy) is 1. The van der Waals surface area contributed by atoms with Crippen molar-refractivity contribution >= 4 is 37.0 Å². The average Bonchev–Trinajstić information content (AvgIpc) is 3.57. The van der Waals surface area contributed by atoms with Gasteiger partial charge in [-0.05, 0) is 87.0 Å². The van der Waals surface area contributed by atoms with Crippen LogP contribution >= 0.6 is 19.3 Å². The van der Waals surface area contributed by atoms with Crippen molar-refractivity contribution < 1.29 is 37.3 Å². The van der Waals surface area contributed by atoms with Crippen LogP contribution in [0.3, 0.4) is 0 Å².